The van der Waals surface area contributed by atoms with Crippen molar-refractivity contribution in [1.29, 1.82) is 0 Å². The van der Waals surface area contributed by atoms with E-state index < -0.39 is 9.52 Å². The van der Waals surface area contributed by atoms with Crippen LogP contribution in [0.3, 0.4) is 0 Å². The lowest BCUT2D eigenvalue weighted by Crippen LogP contribution is -2.40. The van der Waals surface area contributed by atoms with Gasteiger partial charge in [0.2, 0.25) is 0 Å². The SMILES string of the molecule is c1ccc(-c2ccc(CC(c3ccc(-c4ccccc4)cc3)c3ccc4c(c3)[SiH2]c3c(n(-c5ccccc5)c5ccccc35)N4c3ccccc3)cc2)cc1. The van der Waals surface area contributed by atoms with Crippen LogP contribution in [0.1, 0.15) is 22.6 Å². The molecular formula is C52H40N2Si. The fraction of sp³-hybridized carbons (Fsp3) is 0.0385. The third-order valence-electron chi connectivity index (χ3n) is 11.2. The molecule has 8 aromatic carbocycles. The first-order valence-electron chi connectivity index (χ1n) is 19.2. The van der Waals surface area contributed by atoms with Gasteiger partial charge in [-0.1, -0.05) is 176 Å². The lowest BCUT2D eigenvalue weighted by molar-refractivity contribution is 0.806. The maximum absolute atomic E-state index is 2.56. The van der Waals surface area contributed by atoms with Crippen molar-refractivity contribution in [2.75, 3.05) is 4.90 Å². The second kappa shape index (κ2) is 14.3. The van der Waals surface area contributed by atoms with Crippen molar-refractivity contribution in [3.63, 3.8) is 0 Å². The number of nitrogens with zero attached hydrogens (tertiary/aromatic N) is 2. The van der Waals surface area contributed by atoms with E-state index in [0.29, 0.717) is 0 Å². The van der Waals surface area contributed by atoms with Crippen LogP contribution in [0.2, 0.25) is 0 Å². The van der Waals surface area contributed by atoms with Gasteiger partial charge in [0.1, 0.15) is 5.82 Å². The number of hydrogen-bond acceptors (Lipinski definition) is 1. The van der Waals surface area contributed by atoms with Gasteiger partial charge in [-0.05, 0) is 92.1 Å². The highest BCUT2D eigenvalue weighted by molar-refractivity contribution is 6.74. The van der Waals surface area contributed by atoms with Crippen LogP contribution in [-0.4, -0.2) is 14.1 Å². The molecule has 2 heterocycles. The first kappa shape index (κ1) is 32.9. The summed E-state index contributed by atoms with van der Waals surface area (Å²) in [6.07, 6.45) is 0.918. The first-order valence-corrected chi connectivity index (χ1v) is 20.7. The Kier molecular flexibility index (Phi) is 8.55. The molecule has 9 aromatic rings. The molecule has 1 aliphatic rings. The van der Waals surface area contributed by atoms with Crippen LogP contribution in [0.25, 0.3) is 38.8 Å². The summed E-state index contributed by atoms with van der Waals surface area (Å²) in [7, 11) is -0.880. The van der Waals surface area contributed by atoms with Crippen LogP contribution in [-0.2, 0) is 6.42 Å². The summed E-state index contributed by atoms with van der Waals surface area (Å²) in [5.41, 5.74) is 13.9. The van der Waals surface area contributed by atoms with Crippen molar-refractivity contribution < 1.29 is 0 Å². The lowest BCUT2D eigenvalue weighted by atomic mass is 9.85. The zero-order valence-corrected chi connectivity index (χ0v) is 32.0. The van der Waals surface area contributed by atoms with E-state index in [0.717, 1.165) is 6.42 Å². The molecule has 0 bridgehead atoms. The molecule has 2 nitrogen and oxygen atoms in total. The summed E-state index contributed by atoms with van der Waals surface area (Å²) >= 11 is 0. The third kappa shape index (κ3) is 6.19. The minimum absolute atomic E-state index is 0.198. The average molecular weight is 721 g/mol. The number of fused-ring (bicyclic) bond motifs is 4. The second-order valence-electron chi connectivity index (χ2n) is 14.5. The molecule has 0 radical (unpaired) electrons. The van der Waals surface area contributed by atoms with Gasteiger partial charge in [0.05, 0.1) is 15.0 Å². The number of benzene rings is 8. The van der Waals surface area contributed by atoms with E-state index in [2.05, 4.69) is 222 Å². The maximum atomic E-state index is 2.56. The molecular weight excluding hydrogens is 681 g/mol. The van der Waals surface area contributed by atoms with E-state index in [4.69, 9.17) is 0 Å². The van der Waals surface area contributed by atoms with Gasteiger partial charge in [0, 0.05) is 28.4 Å². The van der Waals surface area contributed by atoms with Gasteiger partial charge in [0.15, 0.2) is 0 Å². The highest BCUT2D eigenvalue weighted by Crippen LogP contribution is 2.41. The molecule has 1 aliphatic heterocycles. The van der Waals surface area contributed by atoms with Gasteiger partial charge < -0.3 is 0 Å². The number of anilines is 3. The van der Waals surface area contributed by atoms with E-state index in [1.54, 1.807) is 0 Å². The Morgan fingerprint density at radius 1 is 0.436 bits per heavy atom. The summed E-state index contributed by atoms with van der Waals surface area (Å²) < 4.78 is 2.48. The summed E-state index contributed by atoms with van der Waals surface area (Å²) in [4.78, 5) is 2.52. The van der Waals surface area contributed by atoms with Crippen molar-refractivity contribution >= 4 is 48.0 Å². The van der Waals surface area contributed by atoms with Gasteiger partial charge in [-0.2, -0.15) is 0 Å². The summed E-state index contributed by atoms with van der Waals surface area (Å²) in [5, 5.41) is 4.33. The molecule has 0 amide bonds. The third-order valence-corrected chi connectivity index (χ3v) is 13.2. The Morgan fingerprint density at radius 3 is 1.58 bits per heavy atom. The maximum Gasteiger partial charge on any atom is 0.122 e. The zero-order valence-electron chi connectivity index (χ0n) is 30.6. The van der Waals surface area contributed by atoms with Crippen LogP contribution < -0.4 is 15.3 Å². The van der Waals surface area contributed by atoms with Crippen LogP contribution in [0.5, 0.6) is 0 Å². The molecule has 1 atom stereocenters. The van der Waals surface area contributed by atoms with Gasteiger partial charge in [-0.25, -0.2) is 0 Å². The van der Waals surface area contributed by atoms with Crippen molar-refractivity contribution in [1.82, 2.24) is 4.57 Å². The lowest BCUT2D eigenvalue weighted by Gasteiger charge is -2.34. The highest BCUT2D eigenvalue weighted by atomic mass is 28.2. The van der Waals surface area contributed by atoms with E-state index in [9.17, 15) is 0 Å². The summed E-state index contributed by atoms with van der Waals surface area (Å²) in [6, 6.07) is 78.0. The fourth-order valence-corrected chi connectivity index (χ4v) is 10.7. The van der Waals surface area contributed by atoms with Crippen molar-refractivity contribution in [3.05, 3.63) is 229 Å². The number of rotatable bonds is 8. The van der Waals surface area contributed by atoms with E-state index in [1.165, 1.54) is 83.1 Å². The number of aromatic nitrogens is 1. The first-order chi connectivity index (χ1) is 27.3. The molecule has 55 heavy (non-hydrogen) atoms. The molecule has 0 N–H and O–H groups in total. The van der Waals surface area contributed by atoms with Crippen molar-refractivity contribution in [3.8, 4) is 27.9 Å². The van der Waals surface area contributed by atoms with Crippen LogP contribution in [0.4, 0.5) is 17.2 Å². The van der Waals surface area contributed by atoms with Gasteiger partial charge in [0.25, 0.3) is 0 Å². The monoisotopic (exact) mass is 720 g/mol. The largest absolute Gasteiger partial charge is 0.296 e. The molecule has 0 spiro atoms. The quantitative estimate of drug-likeness (QED) is 0.142. The Balaban J connectivity index is 1.10. The second-order valence-corrected chi connectivity index (χ2v) is 16.4. The molecule has 0 saturated heterocycles. The molecule has 1 unspecified atom stereocenters. The minimum Gasteiger partial charge on any atom is -0.296 e. The van der Waals surface area contributed by atoms with Crippen LogP contribution in [0, 0.1) is 0 Å². The van der Waals surface area contributed by atoms with Crippen LogP contribution >= 0.6 is 0 Å². The van der Waals surface area contributed by atoms with Gasteiger partial charge in [-0.3, -0.25) is 9.47 Å². The van der Waals surface area contributed by atoms with Crippen molar-refractivity contribution in [2.24, 2.45) is 0 Å². The smallest absolute Gasteiger partial charge is 0.122 e. The summed E-state index contributed by atoms with van der Waals surface area (Å²) in [6.45, 7) is 0. The predicted octanol–water partition coefficient (Wildman–Crippen LogP) is 11.2. The van der Waals surface area contributed by atoms with Crippen molar-refractivity contribution in [2.45, 2.75) is 12.3 Å². The fourth-order valence-electron chi connectivity index (χ4n) is 8.53. The van der Waals surface area contributed by atoms with E-state index >= 15 is 0 Å². The molecule has 0 fully saturated rings. The summed E-state index contributed by atoms with van der Waals surface area (Å²) in [5.74, 6) is 1.47. The molecule has 0 saturated carbocycles. The molecule has 3 heteroatoms. The van der Waals surface area contributed by atoms with Gasteiger partial charge in [-0.15, -0.1) is 0 Å². The molecule has 262 valence electrons. The minimum atomic E-state index is -0.880. The van der Waals surface area contributed by atoms with Crippen LogP contribution in [0.15, 0.2) is 212 Å². The Labute approximate surface area is 325 Å². The number of para-hydroxylation sites is 3. The highest BCUT2D eigenvalue weighted by Gasteiger charge is 2.32. The Hall–Kier alpha value is -6.68. The molecule has 1 aromatic heterocycles. The normalized spacial score (nSPS) is 13.1. The van der Waals surface area contributed by atoms with E-state index in [1.807, 2.05) is 0 Å². The molecule has 0 aliphatic carbocycles. The molecule has 10 rings (SSSR count). The predicted molar refractivity (Wildman–Crippen MR) is 235 cm³/mol. The number of hydrogen-bond donors (Lipinski definition) is 0. The topological polar surface area (TPSA) is 8.17 Å². The zero-order chi connectivity index (χ0) is 36.6. The average Bonchev–Trinajstić information content (AvgIpc) is 3.59. The Morgan fingerprint density at radius 2 is 0.945 bits per heavy atom. The Bertz CT molecular complexity index is 2720. The standard InChI is InChI=1S/C52H40N2Si/c1-5-15-38(16-6-1)40-27-25-37(26-28-40)35-47(42-31-29-41(30-32-42)39-17-7-2-8-18-39)43-33-34-49-50(36-43)55-51-46-23-13-14-24-48(46)53(44-19-9-3-10-20-44)52(51)54(49)45-21-11-4-12-22-45/h1-34,36,47H,35,55H2. The van der Waals surface area contributed by atoms with Gasteiger partial charge >= 0.3 is 0 Å². The van der Waals surface area contributed by atoms with E-state index in [-0.39, 0.29) is 5.92 Å².